The van der Waals surface area contributed by atoms with Crippen LogP contribution in [0, 0.1) is 12.7 Å². The maximum absolute atomic E-state index is 13.0. The van der Waals surface area contributed by atoms with Crippen LogP contribution in [0.25, 0.3) is 16.3 Å². The minimum atomic E-state index is -0.552. The SMILES string of the molecule is Cc1ccc2nc(-c3nnc(Cc4ccc(F)cc4)s3)c(O)c(=O)n2c1. The molecule has 1 N–H and O–H groups in total. The number of benzene rings is 1. The van der Waals surface area contributed by atoms with Gasteiger partial charge in [0, 0.05) is 12.6 Å². The fourth-order valence-corrected chi connectivity index (χ4v) is 3.45. The van der Waals surface area contributed by atoms with E-state index in [1.54, 1.807) is 24.4 Å². The van der Waals surface area contributed by atoms with Gasteiger partial charge in [0.05, 0.1) is 0 Å². The first-order valence-electron chi connectivity index (χ1n) is 7.80. The first-order chi connectivity index (χ1) is 12.5. The molecule has 0 amide bonds. The van der Waals surface area contributed by atoms with Crippen LogP contribution >= 0.6 is 11.3 Å². The average molecular weight is 368 g/mol. The number of hydrogen-bond acceptors (Lipinski definition) is 6. The molecule has 3 aromatic heterocycles. The van der Waals surface area contributed by atoms with Crippen molar-refractivity contribution in [2.24, 2.45) is 0 Å². The fourth-order valence-electron chi connectivity index (χ4n) is 2.58. The maximum atomic E-state index is 13.0. The maximum Gasteiger partial charge on any atom is 0.300 e. The molecule has 0 unspecified atom stereocenters. The predicted octanol–water partition coefficient (Wildman–Crippen LogP) is 2.96. The average Bonchev–Trinajstić information content (AvgIpc) is 3.09. The van der Waals surface area contributed by atoms with E-state index in [9.17, 15) is 14.3 Å². The quantitative estimate of drug-likeness (QED) is 0.601. The van der Waals surface area contributed by atoms with Gasteiger partial charge >= 0.3 is 5.56 Å². The number of aryl methyl sites for hydroxylation is 1. The normalized spacial score (nSPS) is 11.2. The molecular formula is C18H13FN4O2S. The summed E-state index contributed by atoms with van der Waals surface area (Å²) in [4.78, 5) is 16.7. The van der Waals surface area contributed by atoms with E-state index in [2.05, 4.69) is 15.2 Å². The van der Waals surface area contributed by atoms with Gasteiger partial charge in [-0.15, -0.1) is 10.2 Å². The van der Waals surface area contributed by atoms with Crippen LogP contribution in [-0.4, -0.2) is 24.7 Å². The summed E-state index contributed by atoms with van der Waals surface area (Å²) in [6.45, 7) is 1.85. The van der Waals surface area contributed by atoms with Crippen molar-refractivity contribution in [3.8, 4) is 16.5 Å². The van der Waals surface area contributed by atoms with Crippen LogP contribution < -0.4 is 5.56 Å². The lowest BCUT2D eigenvalue weighted by Gasteiger charge is -2.05. The van der Waals surface area contributed by atoms with E-state index < -0.39 is 11.3 Å². The first kappa shape index (κ1) is 16.3. The van der Waals surface area contributed by atoms with Crippen molar-refractivity contribution in [3.05, 3.63) is 74.9 Å². The lowest BCUT2D eigenvalue weighted by atomic mass is 10.2. The first-order valence-corrected chi connectivity index (χ1v) is 8.62. The van der Waals surface area contributed by atoms with Gasteiger partial charge in [-0.25, -0.2) is 9.37 Å². The summed E-state index contributed by atoms with van der Waals surface area (Å²) in [6.07, 6.45) is 2.10. The van der Waals surface area contributed by atoms with Gasteiger partial charge in [-0.05, 0) is 36.2 Å². The number of aromatic nitrogens is 4. The monoisotopic (exact) mass is 368 g/mol. The third kappa shape index (κ3) is 2.95. The zero-order valence-corrected chi connectivity index (χ0v) is 14.5. The van der Waals surface area contributed by atoms with Gasteiger partial charge in [0.15, 0.2) is 10.7 Å². The zero-order chi connectivity index (χ0) is 18.3. The van der Waals surface area contributed by atoms with Crippen LogP contribution in [0.1, 0.15) is 16.1 Å². The van der Waals surface area contributed by atoms with Gasteiger partial charge in [0.25, 0.3) is 0 Å². The second-order valence-electron chi connectivity index (χ2n) is 5.85. The van der Waals surface area contributed by atoms with Gasteiger partial charge in [-0.2, -0.15) is 0 Å². The number of hydrogen-bond donors (Lipinski definition) is 1. The minimum Gasteiger partial charge on any atom is -0.501 e. The molecule has 0 aliphatic heterocycles. The highest BCUT2D eigenvalue weighted by atomic mass is 32.1. The van der Waals surface area contributed by atoms with E-state index in [0.29, 0.717) is 22.1 Å². The van der Waals surface area contributed by atoms with Crippen molar-refractivity contribution in [2.45, 2.75) is 13.3 Å². The highest BCUT2D eigenvalue weighted by Gasteiger charge is 2.18. The van der Waals surface area contributed by atoms with E-state index in [4.69, 9.17) is 0 Å². The molecule has 4 rings (SSSR count). The van der Waals surface area contributed by atoms with Crippen molar-refractivity contribution >= 4 is 17.0 Å². The van der Waals surface area contributed by atoms with E-state index in [1.807, 2.05) is 13.0 Å². The van der Waals surface area contributed by atoms with Crippen molar-refractivity contribution in [1.29, 1.82) is 0 Å². The molecular weight excluding hydrogens is 355 g/mol. The van der Waals surface area contributed by atoms with E-state index in [0.717, 1.165) is 11.1 Å². The van der Waals surface area contributed by atoms with Crippen LogP contribution in [0.3, 0.4) is 0 Å². The van der Waals surface area contributed by atoms with Crippen LogP contribution in [0.15, 0.2) is 47.4 Å². The summed E-state index contributed by atoms with van der Waals surface area (Å²) >= 11 is 1.23. The number of nitrogens with zero attached hydrogens (tertiary/aromatic N) is 4. The Bertz CT molecular complexity index is 1170. The molecule has 0 spiro atoms. The summed E-state index contributed by atoms with van der Waals surface area (Å²) < 4.78 is 14.3. The molecule has 130 valence electrons. The molecule has 0 fully saturated rings. The Balaban J connectivity index is 1.73. The van der Waals surface area contributed by atoms with Crippen LogP contribution in [0.2, 0.25) is 0 Å². The summed E-state index contributed by atoms with van der Waals surface area (Å²) in [7, 11) is 0. The molecule has 6 nitrogen and oxygen atoms in total. The molecule has 4 aromatic rings. The Hall–Kier alpha value is -3.13. The molecule has 0 aliphatic rings. The zero-order valence-electron chi connectivity index (χ0n) is 13.7. The number of halogens is 1. The number of aromatic hydroxyl groups is 1. The number of fused-ring (bicyclic) bond motifs is 1. The van der Waals surface area contributed by atoms with Gasteiger partial charge in [-0.3, -0.25) is 9.20 Å². The third-order valence-corrected chi connectivity index (χ3v) is 4.81. The molecule has 0 radical (unpaired) electrons. The van der Waals surface area contributed by atoms with Crippen molar-refractivity contribution < 1.29 is 9.50 Å². The predicted molar refractivity (Wildman–Crippen MR) is 96.0 cm³/mol. The van der Waals surface area contributed by atoms with Crippen LogP contribution in [0.5, 0.6) is 5.75 Å². The molecule has 1 aromatic carbocycles. The van der Waals surface area contributed by atoms with Crippen LogP contribution in [-0.2, 0) is 6.42 Å². The van der Waals surface area contributed by atoms with Gasteiger partial charge < -0.3 is 5.11 Å². The number of rotatable bonds is 3. The van der Waals surface area contributed by atoms with E-state index >= 15 is 0 Å². The van der Waals surface area contributed by atoms with Crippen molar-refractivity contribution in [3.63, 3.8) is 0 Å². The summed E-state index contributed by atoms with van der Waals surface area (Å²) in [6, 6.07) is 9.67. The molecule has 0 atom stereocenters. The summed E-state index contributed by atoms with van der Waals surface area (Å²) in [5, 5.41) is 19.4. The van der Waals surface area contributed by atoms with Crippen molar-refractivity contribution in [2.75, 3.05) is 0 Å². The Labute approximate surface area is 151 Å². The largest absolute Gasteiger partial charge is 0.501 e. The molecule has 8 heteroatoms. The molecule has 0 saturated carbocycles. The smallest absolute Gasteiger partial charge is 0.300 e. The Morgan fingerprint density at radius 1 is 1.15 bits per heavy atom. The molecule has 0 bridgehead atoms. The molecule has 26 heavy (non-hydrogen) atoms. The Morgan fingerprint density at radius 3 is 2.69 bits per heavy atom. The molecule has 0 aliphatic carbocycles. The van der Waals surface area contributed by atoms with Gasteiger partial charge in [0.1, 0.15) is 16.5 Å². The van der Waals surface area contributed by atoms with Crippen LogP contribution in [0.4, 0.5) is 4.39 Å². The highest BCUT2D eigenvalue weighted by Crippen LogP contribution is 2.28. The Morgan fingerprint density at radius 2 is 1.92 bits per heavy atom. The lowest BCUT2D eigenvalue weighted by molar-refractivity contribution is 0.464. The van der Waals surface area contributed by atoms with Gasteiger partial charge in [0.2, 0.25) is 5.75 Å². The fraction of sp³-hybridized carbons (Fsp3) is 0.111. The highest BCUT2D eigenvalue weighted by molar-refractivity contribution is 7.14. The van der Waals surface area contributed by atoms with Crippen molar-refractivity contribution in [1.82, 2.24) is 19.6 Å². The minimum absolute atomic E-state index is 0.113. The third-order valence-electron chi connectivity index (χ3n) is 3.88. The second kappa shape index (κ2) is 6.30. The van der Waals surface area contributed by atoms with E-state index in [1.165, 1.54) is 27.9 Å². The summed E-state index contributed by atoms with van der Waals surface area (Å²) in [5.41, 5.74) is 1.75. The Kier molecular flexibility index (Phi) is 3.96. The number of pyridine rings is 1. The van der Waals surface area contributed by atoms with Gasteiger partial charge in [-0.1, -0.05) is 29.5 Å². The second-order valence-corrected chi connectivity index (χ2v) is 6.92. The topological polar surface area (TPSA) is 80.4 Å². The van der Waals surface area contributed by atoms with E-state index in [-0.39, 0.29) is 11.5 Å². The molecule has 3 heterocycles. The lowest BCUT2D eigenvalue weighted by Crippen LogP contribution is -2.15. The summed E-state index contributed by atoms with van der Waals surface area (Å²) in [5.74, 6) is -0.759. The molecule has 0 saturated heterocycles. The standard InChI is InChI=1S/C18H13FN4O2S/c1-10-2-7-13-20-15(16(24)18(25)23(13)9-10)17-22-21-14(26-17)8-11-3-5-12(19)6-4-11/h2-7,9,24H,8H2,1H3.